The van der Waals surface area contributed by atoms with Crippen molar-refractivity contribution in [1.82, 2.24) is 5.32 Å². The first-order valence-electron chi connectivity index (χ1n) is 6.08. The molecule has 1 N–H and O–H groups in total. The van der Waals surface area contributed by atoms with Crippen LogP contribution < -0.4 is 10.1 Å². The molecule has 0 unspecified atom stereocenters. The molecule has 3 nitrogen and oxygen atoms in total. The number of hydrogen-bond donors (Lipinski definition) is 1. The van der Waals surface area contributed by atoms with Crippen LogP contribution in [0.25, 0.3) is 0 Å². The summed E-state index contributed by atoms with van der Waals surface area (Å²) < 4.78 is 5.49. The lowest BCUT2D eigenvalue weighted by molar-refractivity contribution is 0.338. The Morgan fingerprint density at radius 1 is 1.41 bits per heavy atom. The minimum Gasteiger partial charge on any atom is -0.494 e. The van der Waals surface area contributed by atoms with E-state index in [-0.39, 0.29) is 0 Å². The molecule has 1 aromatic carbocycles. The fourth-order valence-electron chi connectivity index (χ4n) is 1.66. The fraction of sp³-hybridized carbons (Fsp3) is 0.500. The first-order chi connectivity index (χ1) is 8.27. The molecule has 3 heteroatoms. The van der Waals surface area contributed by atoms with Crippen molar-refractivity contribution in [3.8, 4) is 11.8 Å². The summed E-state index contributed by atoms with van der Waals surface area (Å²) in [5.41, 5.74) is 2.42. The minimum absolute atomic E-state index is 0.620. The monoisotopic (exact) mass is 232 g/mol. The molecule has 0 bridgehead atoms. The van der Waals surface area contributed by atoms with Crippen molar-refractivity contribution in [3.05, 3.63) is 29.3 Å². The molecule has 0 spiro atoms. The standard InChI is InChI=1S/C14H20N2O/c1-3-17-14-7-6-13(10-12(14)2)11-16-9-5-4-8-15/h6-7,10,16H,3-5,9,11H2,1-2H3. The number of benzene rings is 1. The van der Waals surface area contributed by atoms with Crippen LogP contribution in [0.4, 0.5) is 0 Å². The molecule has 0 amide bonds. The van der Waals surface area contributed by atoms with Gasteiger partial charge in [-0.05, 0) is 44.0 Å². The first-order valence-corrected chi connectivity index (χ1v) is 6.08. The van der Waals surface area contributed by atoms with Crippen LogP contribution in [-0.2, 0) is 6.54 Å². The Hall–Kier alpha value is -1.53. The van der Waals surface area contributed by atoms with Crippen molar-refractivity contribution in [1.29, 1.82) is 5.26 Å². The molecule has 0 fully saturated rings. The summed E-state index contributed by atoms with van der Waals surface area (Å²) in [7, 11) is 0. The topological polar surface area (TPSA) is 45.0 Å². The second kappa shape index (κ2) is 7.70. The Kier molecular flexibility index (Phi) is 6.13. The van der Waals surface area contributed by atoms with Crippen LogP contribution in [0.5, 0.6) is 5.75 Å². The highest BCUT2D eigenvalue weighted by atomic mass is 16.5. The molecule has 1 rings (SSSR count). The van der Waals surface area contributed by atoms with Gasteiger partial charge >= 0.3 is 0 Å². The molecule has 0 aliphatic carbocycles. The average Bonchev–Trinajstić information content (AvgIpc) is 2.32. The van der Waals surface area contributed by atoms with E-state index >= 15 is 0 Å². The van der Waals surface area contributed by atoms with E-state index in [1.165, 1.54) is 11.1 Å². The highest BCUT2D eigenvalue weighted by Crippen LogP contribution is 2.18. The number of nitrogens with zero attached hydrogens (tertiary/aromatic N) is 1. The molecule has 0 aromatic heterocycles. The largest absolute Gasteiger partial charge is 0.494 e. The quantitative estimate of drug-likeness (QED) is 0.735. The Morgan fingerprint density at radius 2 is 2.24 bits per heavy atom. The van der Waals surface area contributed by atoms with Crippen molar-refractivity contribution in [2.24, 2.45) is 0 Å². The third-order valence-electron chi connectivity index (χ3n) is 2.51. The average molecular weight is 232 g/mol. The van der Waals surface area contributed by atoms with Gasteiger partial charge in [-0.1, -0.05) is 12.1 Å². The van der Waals surface area contributed by atoms with Crippen molar-refractivity contribution in [2.75, 3.05) is 13.2 Å². The zero-order valence-corrected chi connectivity index (χ0v) is 10.6. The van der Waals surface area contributed by atoms with Crippen molar-refractivity contribution >= 4 is 0 Å². The van der Waals surface area contributed by atoms with Crippen molar-refractivity contribution < 1.29 is 4.74 Å². The highest BCUT2D eigenvalue weighted by molar-refractivity contribution is 5.36. The minimum atomic E-state index is 0.620. The number of hydrogen-bond acceptors (Lipinski definition) is 3. The Bertz CT molecular complexity index is 382. The third-order valence-corrected chi connectivity index (χ3v) is 2.51. The molecule has 0 radical (unpaired) electrons. The van der Waals surface area contributed by atoms with Crippen LogP contribution >= 0.6 is 0 Å². The predicted octanol–water partition coefficient (Wildman–Crippen LogP) is 2.79. The number of unbranched alkanes of at least 4 members (excludes halogenated alkanes) is 1. The van der Waals surface area contributed by atoms with Crippen LogP contribution in [0.1, 0.15) is 30.9 Å². The van der Waals surface area contributed by atoms with Gasteiger partial charge in [0, 0.05) is 13.0 Å². The van der Waals surface area contributed by atoms with Gasteiger partial charge in [-0.25, -0.2) is 0 Å². The van der Waals surface area contributed by atoms with Crippen LogP contribution in [0.2, 0.25) is 0 Å². The van der Waals surface area contributed by atoms with Gasteiger partial charge in [-0.2, -0.15) is 5.26 Å². The number of nitriles is 1. The van der Waals surface area contributed by atoms with Gasteiger partial charge in [0.15, 0.2) is 0 Å². The zero-order chi connectivity index (χ0) is 12.5. The Balaban J connectivity index is 2.39. The molecule has 0 aliphatic heterocycles. The van der Waals surface area contributed by atoms with Gasteiger partial charge in [0.1, 0.15) is 5.75 Å². The second-order valence-corrected chi connectivity index (χ2v) is 3.97. The van der Waals surface area contributed by atoms with Gasteiger partial charge in [0.2, 0.25) is 0 Å². The maximum atomic E-state index is 8.41. The smallest absolute Gasteiger partial charge is 0.122 e. The first kappa shape index (κ1) is 13.5. The molecular formula is C14H20N2O. The lowest BCUT2D eigenvalue weighted by Crippen LogP contribution is -2.14. The predicted molar refractivity (Wildman–Crippen MR) is 68.9 cm³/mol. The zero-order valence-electron chi connectivity index (χ0n) is 10.6. The summed E-state index contributed by atoms with van der Waals surface area (Å²) in [6, 6.07) is 8.38. The molecule has 0 atom stereocenters. The lowest BCUT2D eigenvalue weighted by atomic mass is 10.1. The van der Waals surface area contributed by atoms with Gasteiger partial charge in [-0.3, -0.25) is 0 Å². The molecule has 0 saturated carbocycles. The van der Waals surface area contributed by atoms with E-state index in [1.54, 1.807) is 0 Å². The normalized spacial score (nSPS) is 9.94. The number of rotatable bonds is 7. The van der Waals surface area contributed by atoms with Crippen LogP contribution in [-0.4, -0.2) is 13.2 Å². The van der Waals surface area contributed by atoms with Crippen LogP contribution in [0, 0.1) is 18.3 Å². The van der Waals surface area contributed by atoms with E-state index in [9.17, 15) is 0 Å². The van der Waals surface area contributed by atoms with Gasteiger partial charge in [0.25, 0.3) is 0 Å². The van der Waals surface area contributed by atoms with Gasteiger partial charge in [0.05, 0.1) is 12.7 Å². The van der Waals surface area contributed by atoms with Crippen LogP contribution in [0.3, 0.4) is 0 Å². The molecule has 92 valence electrons. The molecule has 0 saturated heterocycles. The molecule has 1 aromatic rings. The summed E-state index contributed by atoms with van der Waals surface area (Å²) in [4.78, 5) is 0. The maximum absolute atomic E-state index is 8.41. The van der Waals surface area contributed by atoms with E-state index in [0.717, 1.165) is 25.3 Å². The summed E-state index contributed by atoms with van der Waals surface area (Å²) in [6.07, 6.45) is 1.53. The fourth-order valence-corrected chi connectivity index (χ4v) is 1.66. The number of aryl methyl sites for hydroxylation is 1. The summed E-state index contributed by atoms with van der Waals surface area (Å²) in [5, 5.41) is 11.7. The van der Waals surface area contributed by atoms with E-state index < -0.39 is 0 Å². The lowest BCUT2D eigenvalue weighted by Gasteiger charge is -2.09. The number of nitrogens with one attached hydrogen (secondary N) is 1. The Labute approximate surface area is 103 Å². The summed E-state index contributed by atoms with van der Waals surface area (Å²) in [5.74, 6) is 0.959. The molecular weight excluding hydrogens is 212 g/mol. The van der Waals surface area contributed by atoms with Gasteiger partial charge < -0.3 is 10.1 Å². The second-order valence-electron chi connectivity index (χ2n) is 3.97. The van der Waals surface area contributed by atoms with E-state index in [4.69, 9.17) is 10.00 Å². The number of ether oxygens (including phenoxy) is 1. The summed E-state index contributed by atoms with van der Waals surface area (Å²) >= 11 is 0. The summed E-state index contributed by atoms with van der Waals surface area (Å²) in [6.45, 7) is 6.49. The third kappa shape index (κ3) is 4.88. The van der Waals surface area contributed by atoms with Crippen LogP contribution in [0.15, 0.2) is 18.2 Å². The molecule has 0 aliphatic rings. The Morgan fingerprint density at radius 3 is 2.88 bits per heavy atom. The van der Waals surface area contributed by atoms with Crippen molar-refractivity contribution in [2.45, 2.75) is 33.2 Å². The van der Waals surface area contributed by atoms with E-state index in [1.807, 2.05) is 13.0 Å². The SMILES string of the molecule is CCOc1ccc(CNCCCC#N)cc1C. The maximum Gasteiger partial charge on any atom is 0.122 e. The highest BCUT2D eigenvalue weighted by Gasteiger charge is 2.00. The van der Waals surface area contributed by atoms with E-state index in [0.29, 0.717) is 13.0 Å². The molecule has 0 heterocycles. The molecule has 17 heavy (non-hydrogen) atoms. The van der Waals surface area contributed by atoms with Crippen molar-refractivity contribution in [3.63, 3.8) is 0 Å². The van der Waals surface area contributed by atoms with E-state index in [2.05, 4.69) is 30.4 Å². The van der Waals surface area contributed by atoms with Gasteiger partial charge in [-0.15, -0.1) is 0 Å².